The summed E-state index contributed by atoms with van der Waals surface area (Å²) in [7, 11) is 0. The van der Waals surface area contributed by atoms with Gasteiger partial charge in [-0.2, -0.15) is 0 Å². The van der Waals surface area contributed by atoms with Crippen LogP contribution in [0, 0.1) is 11.7 Å². The van der Waals surface area contributed by atoms with Crippen molar-refractivity contribution in [2.45, 2.75) is 18.9 Å². The maximum atomic E-state index is 13.7. The second kappa shape index (κ2) is 8.05. The second-order valence-corrected chi connectivity index (χ2v) is 6.55. The molecule has 2 heterocycles. The van der Waals surface area contributed by atoms with Crippen LogP contribution in [0.1, 0.15) is 24.5 Å². The highest BCUT2D eigenvalue weighted by Gasteiger charge is 2.30. The number of rotatable bonds is 4. The average Bonchev–Trinajstić information content (AvgIpc) is 2.63. The summed E-state index contributed by atoms with van der Waals surface area (Å²) in [6.07, 6.45) is 0.748. The number of β-amino-alcohol motifs (C(OH)–C–C–N with tert-alkyl or cyclic N) is 1. The minimum atomic E-state index is -0.835. The van der Waals surface area contributed by atoms with Gasteiger partial charge in [0.05, 0.1) is 19.3 Å². The van der Waals surface area contributed by atoms with Crippen LogP contribution in [0.2, 0.25) is 0 Å². The molecule has 24 heavy (non-hydrogen) atoms. The van der Waals surface area contributed by atoms with Crippen LogP contribution in [-0.2, 0) is 9.53 Å². The van der Waals surface area contributed by atoms with Crippen LogP contribution in [0.3, 0.4) is 0 Å². The number of likely N-dealkylation sites (tertiary alicyclic amines) is 1. The van der Waals surface area contributed by atoms with E-state index in [0.29, 0.717) is 38.4 Å². The van der Waals surface area contributed by atoms with Crippen molar-refractivity contribution in [2.24, 2.45) is 5.92 Å². The van der Waals surface area contributed by atoms with Gasteiger partial charge in [0.1, 0.15) is 5.82 Å². The zero-order valence-electron chi connectivity index (χ0n) is 13.9. The van der Waals surface area contributed by atoms with Crippen LogP contribution >= 0.6 is 0 Å². The number of benzene rings is 1. The topological polar surface area (TPSA) is 53.0 Å². The number of piperidine rings is 1. The van der Waals surface area contributed by atoms with Crippen molar-refractivity contribution < 1.29 is 19.0 Å². The highest BCUT2D eigenvalue weighted by molar-refractivity contribution is 5.79. The van der Waals surface area contributed by atoms with Gasteiger partial charge in [0.25, 0.3) is 0 Å². The lowest BCUT2D eigenvalue weighted by Gasteiger charge is -2.36. The molecule has 3 rings (SSSR count). The first-order valence-corrected chi connectivity index (χ1v) is 8.66. The highest BCUT2D eigenvalue weighted by Crippen LogP contribution is 2.23. The Morgan fingerprint density at radius 3 is 2.54 bits per heavy atom. The Kier molecular flexibility index (Phi) is 5.81. The molecule has 0 radical (unpaired) electrons. The molecule has 6 heteroatoms. The summed E-state index contributed by atoms with van der Waals surface area (Å²) in [5, 5.41) is 10.3. The van der Waals surface area contributed by atoms with Gasteiger partial charge in [-0.25, -0.2) is 4.39 Å². The fourth-order valence-electron chi connectivity index (χ4n) is 3.49. The monoisotopic (exact) mass is 336 g/mol. The maximum absolute atomic E-state index is 13.7. The second-order valence-electron chi connectivity index (χ2n) is 6.55. The van der Waals surface area contributed by atoms with E-state index in [1.165, 1.54) is 6.07 Å². The minimum Gasteiger partial charge on any atom is -0.387 e. The molecule has 1 aromatic rings. The van der Waals surface area contributed by atoms with E-state index < -0.39 is 6.10 Å². The lowest BCUT2D eigenvalue weighted by atomic mass is 9.94. The number of carbonyl (C=O) groups excluding carboxylic acids is 1. The van der Waals surface area contributed by atoms with Crippen LogP contribution in [-0.4, -0.2) is 66.8 Å². The highest BCUT2D eigenvalue weighted by atomic mass is 19.1. The van der Waals surface area contributed by atoms with E-state index in [-0.39, 0.29) is 17.6 Å². The fourth-order valence-corrected chi connectivity index (χ4v) is 3.49. The number of aliphatic hydroxyl groups is 1. The Balaban J connectivity index is 1.48. The first-order chi connectivity index (χ1) is 11.6. The Morgan fingerprint density at radius 1 is 1.21 bits per heavy atom. The van der Waals surface area contributed by atoms with Gasteiger partial charge in [-0.15, -0.1) is 0 Å². The molecule has 2 aliphatic rings. The fraction of sp³-hybridized carbons (Fsp3) is 0.611. The molecule has 1 atom stereocenters. The number of hydrogen-bond acceptors (Lipinski definition) is 4. The van der Waals surface area contributed by atoms with Crippen molar-refractivity contribution in [2.75, 3.05) is 45.9 Å². The third kappa shape index (κ3) is 4.12. The van der Waals surface area contributed by atoms with Crippen LogP contribution in [0.15, 0.2) is 24.3 Å². The smallest absolute Gasteiger partial charge is 0.225 e. The Morgan fingerprint density at radius 2 is 1.88 bits per heavy atom. The van der Waals surface area contributed by atoms with Crippen LogP contribution in [0.5, 0.6) is 0 Å². The SMILES string of the molecule is O=C(C1CCN(CC(O)c2ccccc2F)CC1)N1CCOCC1. The van der Waals surface area contributed by atoms with E-state index in [1.807, 2.05) is 4.90 Å². The number of aliphatic hydroxyl groups excluding tert-OH is 1. The van der Waals surface area contributed by atoms with Gasteiger partial charge >= 0.3 is 0 Å². The molecule has 0 saturated carbocycles. The van der Waals surface area contributed by atoms with Gasteiger partial charge in [0, 0.05) is 31.1 Å². The maximum Gasteiger partial charge on any atom is 0.225 e. The summed E-state index contributed by atoms with van der Waals surface area (Å²) in [6.45, 7) is 4.53. The number of hydrogen-bond donors (Lipinski definition) is 1. The Bertz CT molecular complexity index is 555. The predicted octanol–water partition coefficient (Wildman–Crippen LogP) is 1.43. The van der Waals surface area contributed by atoms with E-state index in [1.54, 1.807) is 18.2 Å². The third-order valence-corrected chi connectivity index (χ3v) is 4.95. The largest absolute Gasteiger partial charge is 0.387 e. The van der Waals surface area contributed by atoms with Crippen molar-refractivity contribution in [1.82, 2.24) is 9.80 Å². The molecule has 132 valence electrons. The van der Waals surface area contributed by atoms with Crippen molar-refractivity contribution in [3.8, 4) is 0 Å². The zero-order valence-corrected chi connectivity index (χ0v) is 13.9. The molecular formula is C18H25FN2O3. The third-order valence-electron chi connectivity index (χ3n) is 4.95. The molecule has 2 fully saturated rings. The average molecular weight is 336 g/mol. The molecule has 0 bridgehead atoms. The van der Waals surface area contributed by atoms with Gasteiger partial charge in [-0.1, -0.05) is 18.2 Å². The van der Waals surface area contributed by atoms with Gasteiger partial charge in [0.2, 0.25) is 5.91 Å². The molecule has 1 aromatic carbocycles. The summed E-state index contributed by atoms with van der Waals surface area (Å²) in [5.41, 5.74) is 0.337. The summed E-state index contributed by atoms with van der Waals surface area (Å²) >= 11 is 0. The van der Waals surface area contributed by atoms with Gasteiger partial charge < -0.3 is 19.6 Å². The molecular weight excluding hydrogens is 311 g/mol. The number of amides is 1. The molecule has 1 N–H and O–H groups in total. The number of ether oxygens (including phenoxy) is 1. The van der Waals surface area contributed by atoms with Gasteiger partial charge in [-0.05, 0) is 32.0 Å². The summed E-state index contributed by atoms with van der Waals surface area (Å²) < 4.78 is 19.0. The number of halogens is 1. The number of carbonyl (C=O) groups is 1. The van der Waals surface area contributed by atoms with Crippen molar-refractivity contribution >= 4 is 5.91 Å². The minimum absolute atomic E-state index is 0.0601. The van der Waals surface area contributed by atoms with Crippen molar-refractivity contribution in [3.05, 3.63) is 35.6 Å². The first-order valence-electron chi connectivity index (χ1n) is 8.66. The summed E-state index contributed by atoms with van der Waals surface area (Å²) in [5.74, 6) is -0.0834. The van der Waals surface area contributed by atoms with E-state index in [4.69, 9.17) is 4.74 Å². The van der Waals surface area contributed by atoms with Crippen molar-refractivity contribution in [1.29, 1.82) is 0 Å². The molecule has 2 aliphatic heterocycles. The van der Waals surface area contributed by atoms with E-state index in [2.05, 4.69) is 4.90 Å². The van der Waals surface area contributed by atoms with Gasteiger partial charge in [0.15, 0.2) is 0 Å². The molecule has 2 saturated heterocycles. The zero-order chi connectivity index (χ0) is 16.9. The summed E-state index contributed by atoms with van der Waals surface area (Å²) in [6, 6.07) is 6.34. The van der Waals surface area contributed by atoms with Crippen LogP contribution in [0.4, 0.5) is 4.39 Å². The Hall–Kier alpha value is -1.50. The quantitative estimate of drug-likeness (QED) is 0.904. The first kappa shape index (κ1) is 17.3. The van der Waals surface area contributed by atoms with E-state index in [0.717, 1.165) is 25.9 Å². The summed E-state index contributed by atoms with van der Waals surface area (Å²) in [4.78, 5) is 16.5. The van der Waals surface area contributed by atoms with Gasteiger partial charge in [-0.3, -0.25) is 4.79 Å². The van der Waals surface area contributed by atoms with E-state index >= 15 is 0 Å². The lowest BCUT2D eigenvalue weighted by Crippen LogP contribution is -2.47. The standard InChI is InChI=1S/C18H25FN2O3/c19-16-4-2-1-3-15(16)17(22)13-20-7-5-14(6-8-20)18(23)21-9-11-24-12-10-21/h1-4,14,17,22H,5-13H2. The number of nitrogens with zero attached hydrogens (tertiary/aromatic N) is 2. The molecule has 1 amide bonds. The number of morpholine rings is 1. The molecule has 0 aromatic heterocycles. The predicted molar refractivity (Wildman–Crippen MR) is 87.9 cm³/mol. The lowest BCUT2D eigenvalue weighted by molar-refractivity contribution is -0.141. The Labute approximate surface area is 142 Å². The van der Waals surface area contributed by atoms with Crippen LogP contribution in [0.25, 0.3) is 0 Å². The normalized spacial score (nSPS) is 21.7. The molecule has 1 unspecified atom stereocenters. The molecule has 0 spiro atoms. The van der Waals surface area contributed by atoms with Crippen molar-refractivity contribution in [3.63, 3.8) is 0 Å². The van der Waals surface area contributed by atoms with E-state index in [9.17, 15) is 14.3 Å². The van der Waals surface area contributed by atoms with Crippen LogP contribution < -0.4 is 0 Å². The molecule has 5 nitrogen and oxygen atoms in total. The molecule has 0 aliphatic carbocycles.